The van der Waals surface area contributed by atoms with Crippen LogP contribution in [0, 0.1) is 16.3 Å². The van der Waals surface area contributed by atoms with Crippen LogP contribution in [0.5, 0.6) is 0 Å². The summed E-state index contributed by atoms with van der Waals surface area (Å²) in [6.07, 6.45) is 4.37. The molecule has 0 radical (unpaired) electrons. The fraction of sp³-hybridized carbons (Fsp3) is 0.118. The van der Waals surface area contributed by atoms with Crippen LogP contribution in [-0.4, -0.2) is 9.78 Å². The van der Waals surface area contributed by atoms with Gasteiger partial charge in [0, 0.05) is 16.9 Å². The molecule has 0 atom stereocenters. The summed E-state index contributed by atoms with van der Waals surface area (Å²) in [6.45, 7) is 1.83. The molecular weight excluding hydrogens is 458 g/mol. The second-order valence-electron chi connectivity index (χ2n) is 5.06. The van der Waals surface area contributed by atoms with Crippen molar-refractivity contribution in [3.63, 3.8) is 0 Å². The van der Waals surface area contributed by atoms with Crippen molar-refractivity contribution in [1.82, 2.24) is 9.78 Å². The van der Waals surface area contributed by atoms with E-state index in [4.69, 9.17) is 0 Å². The van der Waals surface area contributed by atoms with Gasteiger partial charge in [0.25, 0.3) is 0 Å². The Bertz CT molecular complexity index is 799. The minimum absolute atomic E-state index is 0.141. The topological polar surface area (TPSA) is 17.8 Å². The maximum Gasteiger partial charge on any atom is 0.140 e. The first-order chi connectivity index (χ1) is 10.6. The van der Waals surface area contributed by atoms with Gasteiger partial charge in [-0.3, -0.25) is 0 Å². The number of aromatic nitrogens is 2. The Hall–Kier alpha value is -1.21. The minimum atomic E-state index is -0.141. The van der Waals surface area contributed by atoms with E-state index in [1.54, 1.807) is 6.20 Å². The van der Waals surface area contributed by atoms with Crippen LogP contribution in [0.4, 0.5) is 4.39 Å². The van der Waals surface area contributed by atoms with Crippen LogP contribution < -0.4 is 0 Å². The Balaban J connectivity index is 1.88. The number of hydrogen-bond donors (Lipinski definition) is 0. The van der Waals surface area contributed by atoms with Crippen LogP contribution in [0.1, 0.15) is 16.7 Å². The molecule has 0 bridgehead atoms. The van der Waals surface area contributed by atoms with E-state index < -0.39 is 0 Å². The van der Waals surface area contributed by atoms with Gasteiger partial charge in [0.05, 0.1) is 9.26 Å². The molecule has 1 aromatic heterocycles. The summed E-state index contributed by atoms with van der Waals surface area (Å²) in [5, 5.41) is 4.21. The zero-order valence-corrected chi connectivity index (χ0v) is 15.6. The standard InChI is InChI=1S/C17H13BrFIN2/c1-11-13(10-15(18)17(20)16(11)19)9-12-3-5-14(6-4-12)22-8-2-7-21-22/h2-8,10H,9H2,1H3. The van der Waals surface area contributed by atoms with Gasteiger partial charge in [-0.1, -0.05) is 12.1 Å². The molecule has 3 rings (SSSR count). The van der Waals surface area contributed by atoms with E-state index in [1.165, 1.54) is 0 Å². The second-order valence-corrected chi connectivity index (χ2v) is 7.00. The molecule has 0 spiro atoms. The molecule has 0 aliphatic carbocycles. The van der Waals surface area contributed by atoms with E-state index in [9.17, 15) is 4.39 Å². The van der Waals surface area contributed by atoms with Crippen molar-refractivity contribution in [2.24, 2.45) is 0 Å². The fourth-order valence-electron chi connectivity index (χ4n) is 2.33. The van der Waals surface area contributed by atoms with Crippen LogP contribution in [0.3, 0.4) is 0 Å². The first-order valence-electron chi connectivity index (χ1n) is 6.78. The summed E-state index contributed by atoms with van der Waals surface area (Å²) >= 11 is 5.44. The molecule has 3 aromatic rings. The quantitative estimate of drug-likeness (QED) is 0.376. The summed E-state index contributed by atoms with van der Waals surface area (Å²) in [4.78, 5) is 0. The molecule has 0 fully saturated rings. The highest BCUT2D eigenvalue weighted by Gasteiger charge is 2.12. The molecule has 0 saturated heterocycles. The maximum atomic E-state index is 14.2. The third kappa shape index (κ3) is 3.10. The lowest BCUT2D eigenvalue weighted by Crippen LogP contribution is -1.99. The van der Waals surface area contributed by atoms with Crippen LogP contribution in [0.2, 0.25) is 0 Å². The van der Waals surface area contributed by atoms with Gasteiger partial charge in [-0.15, -0.1) is 0 Å². The number of nitrogens with zero attached hydrogens (tertiary/aromatic N) is 2. The van der Waals surface area contributed by atoms with Crippen LogP contribution in [-0.2, 0) is 6.42 Å². The molecule has 2 aromatic carbocycles. The Labute approximate surface area is 150 Å². The Kier molecular flexibility index (Phi) is 4.63. The SMILES string of the molecule is Cc1c(Cc2ccc(-n3cccn3)cc2)cc(Br)c(I)c1F. The molecule has 0 saturated carbocycles. The van der Waals surface area contributed by atoms with E-state index in [2.05, 4.69) is 33.2 Å². The summed E-state index contributed by atoms with van der Waals surface area (Å²) in [5.74, 6) is -0.141. The molecule has 1 heterocycles. The lowest BCUT2D eigenvalue weighted by molar-refractivity contribution is 0.607. The van der Waals surface area contributed by atoms with Crippen molar-refractivity contribution in [2.45, 2.75) is 13.3 Å². The van der Waals surface area contributed by atoms with Gasteiger partial charge >= 0.3 is 0 Å². The van der Waals surface area contributed by atoms with Gasteiger partial charge in [0.15, 0.2) is 0 Å². The number of benzene rings is 2. The van der Waals surface area contributed by atoms with Crippen LogP contribution >= 0.6 is 38.5 Å². The molecule has 5 heteroatoms. The van der Waals surface area contributed by atoms with Gasteiger partial charge in [-0.2, -0.15) is 5.10 Å². The Morgan fingerprint density at radius 1 is 1.27 bits per heavy atom. The van der Waals surface area contributed by atoms with E-state index >= 15 is 0 Å². The zero-order chi connectivity index (χ0) is 15.7. The number of hydrogen-bond acceptors (Lipinski definition) is 1. The monoisotopic (exact) mass is 470 g/mol. The first kappa shape index (κ1) is 15.7. The number of rotatable bonds is 3. The van der Waals surface area contributed by atoms with E-state index in [1.807, 2.05) is 64.7 Å². The highest BCUT2D eigenvalue weighted by Crippen LogP contribution is 2.28. The molecule has 0 unspecified atom stereocenters. The summed E-state index contributed by atoms with van der Waals surface area (Å²) in [7, 11) is 0. The summed E-state index contributed by atoms with van der Waals surface area (Å²) < 4.78 is 17.4. The second kappa shape index (κ2) is 6.50. The van der Waals surface area contributed by atoms with Crippen molar-refractivity contribution < 1.29 is 4.39 Å². The highest BCUT2D eigenvalue weighted by molar-refractivity contribution is 14.1. The largest absolute Gasteiger partial charge is 0.241 e. The van der Waals surface area contributed by atoms with Crippen molar-refractivity contribution in [3.05, 3.63) is 79.3 Å². The third-order valence-corrected chi connectivity index (χ3v) is 6.04. The number of halogens is 3. The molecule has 0 aliphatic rings. The third-order valence-electron chi connectivity index (χ3n) is 3.61. The van der Waals surface area contributed by atoms with Crippen molar-refractivity contribution >= 4 is 38.5 Å². The van der Waals surface area contributed by atoms with Gasteiger partial charge < -0.3 is 0 Å². The average molecular weight is 471 g/mol. The summed E-state index contributed by atoms with van der Waals surface area (Å²) in [6, 6.07) is 12.1. The summed E-state index contributed by atoms with van der Waals surface area (Å²) in [5.41, 5.74) is 3.87. The van der Waals surface area contributed by atoms with E-state index in [-0.39, 0.29) is 5.82 Å². The van der Waals surface area contributed by atoms with Crippen molar-refractivity contribution in [3.8, 4) is 5.69 Å². The fourth-order valence-corrected chi connectivity index (χ4v) is 3.34. The average Bonchev–Trinajstić information content (AvgIpc) is 3.05. The van der Waals surface area contributed by atoms with Gasteiger partial charge in [-0.25, -0.2) is 9.07 Å². The molecule has 0 N–H and O–H groups in total. The molecule has 22 heavy (non-hydrogen) atoms. The normalized spacial score (nSPS) is 10.9. The predicted octanol–water partition coefficient (Wildman–Crippen LogP) is 5.28. The van der Waals surface area contributed by atoms with E-state index in [0.29, 0.717) is 15.6 Å². The van der Waals surface area contributed by atoms with Gasteiger partial charge in [-0.05, 0) is 92.8 Å². The first-order valence-corrected chi connectivity index (χ1v) is 8.65. The van der Waals surface area contributed by atoms with Crippen LogP contribution in [0.15, 0.2) is 53.3 Å². The predicted molar refractivity (Wildman–Crippen MR) is 97.9 cm³/mol. The van der Waals surface area contributed by atoms with Gasteiger partial charge in [0.1, 0.15) is 5.82 Å². The molecule has 2 nitrogen and oxygen atoms in total. The Morgan fingerprint density at radius 2 is 2.00 bits per heavy atom. The maximum absolute atomic E-state index is 14.2. The molecular formula is C17H13BrFIN2. The van der Waals surface area contributed by atoms with Crippen molar-refractivity contribution in [1.29, 1.82) is 0 Å². The smallest absolute Gasteiger partial charge is 0.140 e. The van der Waals surface area contributed by atoms with Crippen LogP contribution in [0.25, 0.3) is 5.69 Å². The van der Waals surface area contributed by atoms with Gasteiger partial charge in [0.2, 0.25) is 0 Å². The highest BCUT2D eigenvalue weighted by atomic mass is 127. The minimum Gasteiger partial charge on any atom is -0.241 e. The lowest BCUT2D eigenvalue weighted by atomic mass is 10.00. The van der Waals surface area contributed by atoms with E-state index in [0.717, 1.165) is 21.3 Å². The van der Waals surface area contributed by atoms with Crippen molar-refractivity contribution in [2.75, 3.05) is 0 Å². The molecule has 0 amide bonds. The lowest BCUT2D eigenvalue weighted by Gasteiger charge is -2.11. The Morgan fingerprint density at radius 3 is 2.64 bits per heavy atom. The molecule has 112 valence electrons. The zero-order valence-electron chi connectivity index (χ0n) is 11.9. The molecule has 0 aliphatic heterocycles.